The number of hydrogen-bond acceptors (Lipinski definition) is 4. The lowest BCUT2D eigenvalue weighted by molar-refractivity contribution is 0.0911. The molecule has 0 amide bonds. The molecule has 0 saturated carbocycles. The smallest absolute Gasteiger partial charge is 0.160 e. The number of Topliss-reactive ketones (excluding diaryl/α,β-unsaturated/α-hetero) is 1. The number of hydrogen-bond donors (Lipinski definition) is 0. The number of carbonyl (C=O) groups is 1. The van der Waals surface area contributed by atoms with Crippen molar-refractivity contribution in [1.29, 1.82) is 0 Å². The molecule has 3 unspecified atom stereocenters. The van der Waals surface area contributed by atoms with Crippen LogP contribution in [0, 0.1) is 25.6 Å². The van der Waals surface area contributed by atoms with Gasteiger partial charge in [-0.15, -0.1) is 0 Å². The summed E-state index contributed by atoms with van der Waals surface area (Å²) in [6.45, 7) is 17.4. The number of aryl methyl sites for hydroxylation is 2. The molecular formula is C34H49FN2O2. The Labute approximate surface area is 236 Å². The molecule has 3 fully saturated rings. The molecule has 2 aromatic carbocycles. The summed E-state index contributed by atoms with van der Waals surface area (Å²) in [5.41, 5.74) is 4.76. The van der Waals surface area contributed by atoms with E-state index in [4.69, 9.17) is 4.74 Å². The predicted octanol–water partition coefficient (Wildman–Crippen LogP) is 7.86. The number of likely N-dealkylation sites (tertiary alicyclic amines) is 1. The molecule has 0 radical (unpaired) electrons. The maximum Gasteiger partial charge on any atom is 0.160 e. The zero-order chi connectivity index (χ0) is 28.4. The fourth-order valence-corrected chi connectivity index (χ4v) is 5.83. The third-order valence-corrected chi connectivity index (χ3v) is 8.14. The highest BCUT2D eigenvalue weighted by Gasteiger charge is 2.30. The Hall–Kier alpha value is -2.50. The summed E-state index contributed by atoms with van der Waals surface area (Å²) >= 11 is 0. The molecule has 3 aliphatic rings. The average molecular weight is 537 g/mol. The van der Waals surface area contributed by atoms with Crippen molar-refractivity contribution in [3.05, 3.63) is 70.5 Å². The van der Waals surface area contributed by atoms with Crippen LogP contribution in [-0.2, 0) is 4.74 Å². The molecule has 0 aromatic heterocycles. The van der Waals surface area contributed by atoms with Crippen LogP contribution in [0.2, 0.25) is 0 Å². The van der Waals surface area contributed by atoms with Crippen molar-refractivity contribution in [3.8, 4) is 0 Å². The minimum absolute atomic E-state index is 0.0722. The minimum Gasteiger partial charge on any atom is -0.378 e. The highest BCUT2D eigenvalue weighted by atomic mass is 19.1. The molecule has 3 heterocycles. The van der Waals surface area contributed by atoms with E-state index in [1.54, 1.807) is 13.0 Å². The molecular weight excluding hydrogens is 487 g/mol. The average Bonchev–Trinajstić information content (AvgIpc) is 3.67. The quantitative estimate of drug-likeness (QED) is 0.364. The highest BCUT2D eigenvalue weighted by molar-refractivity contribution is 5.97. The van der Waals surface area contributed by atoms with Crippen LogP contribution in [0.3, 0.4) is 0 Å². The van der Waals surface area contributed by atoms with Crippen LogP contribution in [-0.4, -0.2) is 55.6 Å². The van der Waals surface area contributed by atoms with Crippen LogP contribution in [0.4, 0.5) is 10.1 Å². The van der Waals surface area contributed by atoms with E-state index in [0.717, 1.165) is 48.0 Å². The highest BCUT2D eigenvalue weighted by Crippen LogP contribution is 2.28. The fraction of sp³-hybridized carbons (Fsp3) is 0.559. The molecule has 3 saturated heterocycles. The second-order valence-electron chi connectivity index (χ2n) is 11.3. The van der Waals surface area contributed by atoms with E-state index in [0.29, 0.717) is 12.1 Å². The lowest BCUT2D eigenvalue weighted by Gasteiger charge is -2.24. The van der Waals surface area contributed by atoms with E-state index in [9.17, 15) is 9.18 Å². The predicted molar refractivity (Wildman–Crippen MR) is 162 cm³/mol. The van der Waals surface area contributed by atoms with Gasteiger partial charge < -0.3 is 9.64 Å². The largest absolute Gasteiger partial charge is 0.378 e. The number of benzene rings is 2. The van der Waals surface area contributed by atoms with Crippen LogP contribution in [0.15, 0.2) is 42.5 Å². The molecule has 214 valence electrons. The van der Waals surface area contributed by atoms with Crippen LogP contribution < -0.4 is 4.90 Å². The van der Waals surface area contributed by atoms with Crippen molar-refractivity contribution in [2.75, 3.05) is 37.7 Å². The van der Waals surface area contributed by atoms with E-state index in [1.165, 1.54) is 50.8 Å². The first-order valence-corrected chi connectivity index (χ1v) is 14.8. The molecule has 3 atom stereocenters. The van der Waals surface area contributed by atoms with E-state index < -0.39 is 0 Å². The first-order chi connectivity index (χ1) is 18.7. The second kappa shape index (κ2) is 15.3. The molecule has 4 nitrogen and oxygen atoms in total. The Bertz CT molecular complexity index is 1090. The van der Waals surface area contributed by atoms with Gasteiger partial charge in [-0.3, -0.25) is 9.69 Å². The Morgan fingerprint density at radius 2 is 1.74 bits per heavy atom. The normalized spacial score (nSPS) is 22.9. The SMILES string of the molecule is C/C=C\c1cc(C)ccc1C(C)=O.CCC1OCCC1C.Cc1ccc(N2CCC(N3CCCC3)C2)c(F)c1. The van der Waals surface area contributed by atoms with Crippen molar-refractivity contribution in [2.45, 2.75) is 85.8 Å². The first kappa shape index (κ1) is 31.0. The van der Waals surface area contributed by atoms with Gasteiger partial charge in [-0.05, 0) is 102 Å². The zero-order valence-electron chi connectivity index (χ0n) is 25.0. The number of nitrogens with zero attached hydrogens (tertiary/aromatic N) is 2. The van der Waals surface area contributed by atoms with E-state index >= 15 is 0 Å². The fourth-order valence-electron chi connectivity index (χ4n) is 5.83. The van der Waals surface area contributed by atoms with Gasteiger partial charge in [-0.25, -0.2) is 4.39 Å². The van der Waals surface area contributed by atoms with Crippen molar-refractivity contribution < 1.29 is 13.9 Å². The van der Waals surface area contributed by atoms with Crippen LogP contribution in [0.25, 0.3) is 6.08 Å². The summed E-state index contributed by atoms with van der Waals surface area (Å²) in [5.74, 6) is 0.852. The second-order valence-corrected chi connectivity index (χ2v) is 11.3. The minimum atomic E-state index is -0.0722. The number of carbonyl (C=O) groups excluding carboxylic acids is 1. The van der Waals surface area contributed by atoms with Crippen molar-refractivity contribution in [2.24, 2.45) is 5.92 Å². The molecule has 3 aliphatic heterocycles. The topological polar surface area (TPSA) is 32.8 Å². The third kappa shape index (κ3) is 9.01. The summed E-state index contributed by atoms with van der Waals surface area (Å²) in [4.78, 5) is 16.0. The molecule has 0 N–H and O–H groups in total. The first-order valence-electron chi connectivity index (χ1n) is 14.8. The van der Waals surface area contributed by atoms with Crippen LogP contribution in [0.5, 0.6) is 0 Å². The van der Waals surface area contributed by atoms with Gasteiger partial charge in [0.25, 0.3) is 0 Å². The molecule has 5 rings (SSSR count). The molecule has 0 aliphatic carbocycles. The number of halogens is 1. The number of allylic oxidation sites excluding steroid dienone is 1. The van der Waals surface area contributed by atoms with E-state index in [2.05, 4.69) is 23.6 Å². The van der Waals surface area contributed by atoms with Crippen molar-refractivity contribution >= 4 is 17.5 Å². The molecule has 0 spiro atoms. The Morgan fingerprint density at radius 1 is 1.05 bits per heavy atom. The number of ether oxygens (including phenoxy) is 1. The van der Waals surface area contributed by atoms with Gasteiger partial charge in [0.1, 0.15) is 5.82 Å². The van der Waals surface area contributed by atoms with Gasteiger partial charge in [0.05, 0.1) is 11.8 Å². The monoisotopic (exact) mass is 536 g/mol. The number of anilines is 1. The van der Waals surface area contributed by atoms with Gasteiger partial charge in [0, 0.05) is 31.3 Å². The summed E-state index contributed by atoms with van der Waals surface area (Å²) in [5, 5.41) is 0. The Morgan fingerprint density at radius 3 is 2.31 bits per heavy atom. The van der Waals surface area contributed by atoms with Gasteiger partial charge >= 0.3 is 0 Å². The summed E-state index contributed by atoms with van der Waals surface area (Å²) in [7, 11) is 0. The van der Waals surface area contributed by atoms with Crippen molar-refractivity contribution in [3.63, 3.8) is 0 Å². The maximum absolute atomic E-state index is 14.0. The van der Waals surface area contributed by atoms with E-state index in [-0.39, 0.29) is 11.6 Å². The third-order valence-electron chi connectivity index (χ3n) is 8.14. The molecule has 2 aromatic rings. The molecule has 5 heteroatoms. The number of ketones is 1. The van der Waals surface area contributed by atoms with Gasteiger partial charge in [0.2, 0.25) is 0 Å². The number of rotatable bonds is 5. The van der Waals surface area contributed by atoms with Crippen LogP contribution in [0.1, 0.15) is 86.8 Å². The Balaban J connectivity index is 0.000000175. The van der Waals surface area contributed by atoms with Gasteiger partial charge in [-0.2, -0.15) is 0 Å². The van der Waals surface area contributed by atoms with Gasteiger partial charge in [-0.1, -0.05) is 55.8 Å². The molecule has 39 heavy (non-hydrogen) atoms. The lowest BCUT2D eigenvalue weighted by atomic mass is 10.0. The van der Waals surface area contributed by atoms with Gasteiger partial charge in [0.15, 0.2) is 5.78 Å². The Kier molecular flexibility index (Phi) is 12.2. The summed E-state index contributed by atoms with van der Waals surface area (Å²) < 4.78 is 19.4. The van der Waals surface area contributed by atoms with E-state index in [1.807, 2.05) is 63.3 Å². The standard InChI is InChI=1S/C15H21FN2.C12H14O.C7H14O/c1-12-4-5-15(14(16)10-12)18-9-6-13(11-18)17-7-2-3-8-17;1-4-5-11-8-9(2)6-7-12(11)10(3)13;1-3-7-6(2)4-5-8-7/h4-5,10,13H,2-3,6-9,11H2,1H3;4-8H,1-3H3;6-7H,3-5H2,1-2H3/b;5-4-;. The summed E-state index contributed by atoms with van der Waals surface area (Å²) in [6.07, 6.45) is 10.7. The lowest BCUT2D eigenvalue weighted by Crippen LogP contribution is -2.35. The maximum atomic E-state index is 14.0. The van der Waals surface area contributed by atoms with Crippen LogP contribution >= 0.6 is 0 Å². The van der Waals surface area contributed by atoms with Crippen molar-refractivity contribution in [1.82, 2.24) is 4.90 Å². The summed E-state index contributed by atoms with van der Waals surface area (Å²) in [6, 6.07) is 12.1. The molecule has 0 bridgehead atoms. The zero-order valence-corrected chi connectivity index (χ0v) is 25.0.